The van der Waals surface area contributed by atoms with Crippen LogP contribution in [0.2, 0.25) is 18.1 Å². The van der Waals surface area contributed by atoms with E-state index in [1.54, 1.807) is 0 Å². The predicted molar refractivity (Wildman–Crippen MR) is 81.3 cm³/mol. The molecule has 2 rings (SSSR count). The van der Waals surface area contributed by atoms with Crippen LogP contribution in [0.15, 0.2) is 23.3 Å². The van der Waals surface area contributed by atoms with Crippen molar-refractivity contribution in [2.24, 2.45) is 0 Å². The molecule has 2 aliphatic carbocycles. The monoisotopic (exact) mass is 264 g/mol. The third-order valence-corrected chi connectivity index (χ3v) is 9.85. The Morgan fingerprint density at radius 3 is 2.17 bits per heavy atom. The molecule has 0 N–H and O–H groups in total. The van der Waals surface area contributed by atoms with E-state index in [4.69, 9.17) is 4.43 Å². The molecule has 0 amide bonds. The molecule has 18 heavy (non-hydrogen) atoms. The lowest BCUT2D eigenvalue weighted by Crippen LogP contribution is -2.48. The van der Waals surface area contributed by atoms with Crippen LogP contribution in [-0.2, 0) is 4.43 Å². The van der Waals surface area contributed by atoms with Crippen molar-refractivity contribution in [1.29, 1.82) is 0 Å². The molecule has 0 fully saturated rings. The topological polar surface area (TPSA) is 9.23 Å². The van der Waals surface area contributed by atoms with Crippen molar-refractivity contribution in [1.82, 2.24) is 0 Å². The van der Waals surface area contributed by atoms with E-state index in [-0.39, 0.29) is 5.60 Å². The van der Waals surface area contributed by atoms with Crippen LogP contribution in [0.1, 0.15) is 53.4 Å². The van der Waals surface area contributed by atoms with Gasteiger partial charge in [-0.05, 0) is 61.9 Å². The normalized spacial score (nSPS) is 27.8. The van der Waals surface area contributed by atoms with Gasteiger partial charge in [0.15, 0.2) is 8.32 Å². The molecule has 0 aromatic rings. The molecular formula is C16H28OSi. The molecule has 0 aromatic heterocycles. The van der Waals surface area contributed by atoms with Crippen LogP contribution in [0.25, 0.3) is 0 Å². The van der Waals surface area contributed by atoms with Gasteiger partial charge < -0.3 is 4.43 Å². The quantitative estimate of drug-likeness (QED) is 0.620. The van der Waals surface area contributed by atoms with Gasteiger partial charge in [0, 0.05) is 0 Å². The average molecular weight is 264 g/mol. The number of allylic oxidation sites excluding steroid dienone is 2. The van der Waals surface area contributed by atoms with E-state index in [0.29, 0.717) is 0 Å². The highest BCUT2D eigenvalue weighted by Gasteiger charge is 2.45. The highest BCUT2D eigenvalue weighted by Crippen LogP contribution is 2.47. The van der Waals surface area contributed by atoms with Crippen LogP contribution >= 0.6 is 0 Å². The van der Waals surface area contributed by atoms with Crippen molar-refractivity contribution in [3.05, 3.63) is 23.3 Å². The number of hydrogen-bond acceptors (Lipinski definition) is 1. The van der Waals surface area contributed by atoms with Gasteiger partial charge in [-0.15, -0.1) is 0 Å². The van der Waals surface area contributed by atoms with E-state index in [1.165, 1.54) is 55.0 Å². The third kappa shape index (κ3) is 2.25. The summed E-state index contributed by atoms with van der Waals surface area (Å²) in [6.45, 7) is 9.26. The van der Waals surface area contributed by atoms with Gasteiger partial charge in [0.25, 0.3) is 0 Å². The zero-order valence-electron chi connectivity index (χ0n) is 12.5. The summed E-state index contributed by atoms with van der Waals surface area (Å²) in [6, 6.07) is 3.79. The maximum Gasteiger partial charge on any atom is 0.193 e. The Kier molecular flexibility index (Phi) is 4.17. The summed E-state index contributed by atoms with van der Waals surface area (Å²) in [5.74, 6) is 0. The maximum atomic E-state index is 6.94. The summed E-state index contributed by atoms with van der Waals surface area (Å²) in [5.41, 5.74) is 3.11. The molecule has 0 spiro atoms. The van der Waals surface area contributed by atoms with E-state index >= 15 is 0 Å². The highest BCUT2D eigenvalue weighted by atomic mass is 28.4. The molecule has 1 nitrogen and oxygen atoms in total. The molecule has 0 aromatic carbocycles. The van der Waals surface area contributed by atoms with E-state index in [0.717, 1.165) is 0 Å². The summed E-state index contributed by atoms with van der Waals surface area (Å²) < 4.78 is 6.94. The Balaban J connectivity index is 2.27. The standard InChI is InChI=1S/C16H28OSi/c1-5-18(6-2,7-3)17-16-12-8-10-14(4)15(16)11-9-13-16/h10-11H,5-9,12-13H2,1-4H3. The van der Waals surface area contributed by atoms with Crippen molar-refractivity contribution in [3.63, 3.8) is 0 Å². The molecule has 0 aliphatic heterocycles. The molecule has 0 radical (unpaired) electrons. The SMILES string of the molecule is CC[Si](CC)(CC)OC12CCC=C(C)C1=CCC2. The van der Waals surface area contributed by atoms with Gasteiger partial charge in [0.1, 0.15) is 0 Å². The van der Waals surface area contributed by atoms with E-state index in [9.17, 15) is 0 Å². The minimum atomic E-state index is -1.50. The summed E-state index contributed by atoms with van der Waals surface area (Å²) in [7, 11) is -1.50. The molecule has 1 unspecified atom stereocenters. The first-order valence-electron chi connectivity index (χ1n) is 7.69. The molecular weight excluding hydrogens is 236 g/mol. The minimum Gasteiger partial charge on any atom is -0.407 e. The van der Waals surface area contributed by atoms with Gasteiger partial charge in [0.05, 0.1) is 5.60 Å². The summed E-state index contributed by atoms with van der Waals surface area (Å²) in [5, 5.41) is 0. The fourth-order valence-corrected chi connectivity index (χ4v) is 6.80. The van der Waals surface area contributed by atoms with Gasteiger partial charge in [-0.3, -0.25) is 0 Å². The molecule has 2 aliphatic rings. The first-order chi connectivity index (χ1) is 8.61. The zero-order valence-corrected chi connectivity index (χ0v) is 13.5. The Bertz CT molecular complexity index is 357. The third-order valence-electron chi connectivity index (χ3n) is 5.16. The van der Waals surface area contributed by atoms with E-state index in [2.05, 4.69) is 39.8 Å². The van der Waals surface area contributed by atoms with Crippen molar-refractivity contribution < 1.29 is 4.43 Å². The minimum absolute atomic E-state index is 0.104. The molecule has 0 bridgehead atoms. The largest absolute Gasteiger partial charge is 0.407 e. The second-order valence-corrected chi connectivity index (χ2v) is 10.6. The van der Waals surface area contributed by atoms with Crippen molar-refractivity contribution in [3.8, 4) is 0 Å². The molecule has 0 heterocycles. The van der Waals surface area contributed by atoms with Crippen LogP contribution in [0.3, 0.4) is 0 Å². The lowest BCUT2D eigenvalue weighted by atomic mass is 9.82. The van der Waals surface area contributed by atoms with Crippen LogP contribution < -0.4 is 0 Å². The first kappa shape index (κ1) is 14.1. The zero-order chi connectivity index (χ0) is 13.2. The van der Waals surface area contributed by atoms with Gasteiger partial charge >= 0.3 is 0 Å². The second-order valence-electron chi connectivity index (χ2n) is 5.92. The fourth-order valence-electron chi connectivity index (χ4n) is 3.72. The van der Waals surface area contributed by atoms with Crippen molar-refractivity contribution in [2.45, 2.75) is 77.1 Å². The van der Waals surface area contributed by atoms with Crippen LogP contribution in [0.5, 0.6) is 0 Å². The van der Waals surface area contributed by atoms with Gasteiger partial charge in [0.2, 0.25) is 0 Å². The van der Waals surface area contributed by atoms with Crippen molar-refractivity contribution in [2.75, 3.05) is 0 Å². The summed E-state index contributed by atoms with van der Waals surface area (Å²) >= 11 is 0. The number of fused-ring (bicyclic) bond motifs is 1. The fraction of sp³-hybridized carbons (Fsp3) is 0.750. The van der Waals surface area contributed by atoms with Crippen LogP contribution in [0.4, 0.5) is 0 Å². The Morgan fingerprint density at radius 2 is 1.61 bits per heavy atom. The van der Waals surface area contributed by atoms with Gasteiger partial charge in [-0.25, -0.2) is 0 Å². The summed E-state index contributed by atoms with van der Waals surface area (Å²) in [6.07, 6.45) is 9.68. The lowest BCUT2D eigenvalue weighted by Gasteiger charge is -2.44. The molecule has 1 atom stereocenters. The molecule has 0 saturated carbocycles. The summed E-state index contributed by atoms with van der Waals surface area (Å²) in [4.78, 5) is 0. The van der Waals surface area contributed by atoms with Crippen molar-refractivity contribution >= 4 is 8.32 Å². The maximum absolute atomic E-state index is 6.94. The Morgan fingerprint density at radius 1 is 1.06 bits per heavy atom. The smallest absolute Gasteiger partial charge is 0.193 e. The van der Waals surface area contributed by atoms with Crippen LogP contribution in [0, 0.1) is 0 Å². The first-order valence-corrected chi connectivity index (χ1v) is 10.2. The van der Waals surface area contributed by atoms with Crippen LogP contribution in [-0.4, -0.2) is 13.9 Å². The van der Waals surface area contributed by atoms with Gasteiger partial charge in [-0.2, -0.15) is 0 Å². The number of hydrogen-bond donors (Lipinski definition) is 0. The van der Waals surface area contributed by atoms with E-state index in [1.807, 2.05) is 0 Å². The van der Waals surface area contributed by atoms with E-state index < -0.39 is 8.32 Å². The number of rotatable bonds is 5. The Labute approximate surface area is 113 Å². The average Bonchev–Trinajstić information content (AvgIpc) is 2.81. The lowest BCUT2D eigenvalue weighted by molar-refractivity contribution is 0.0844. The highest BCUT2D eigenvalue weighted by molar-refractivity contribution is 6.73. The second kappa shape index (κ2) is 5.34. The molecule has 102 valence electrons. The van der Waals surface area contributed by atoms with Gasteiger partial charge in [-0.1, -0.05) is 32.9 Å². The Hall–Kier alpha value is -0.343. The predicted octanol–water partition coefficient (Wildman–Crippen LogP) is 5.21. The molecule has 0 saturated heterocycles. The molecule has 2 heteroatoms.